The molecule has 52 valence electrons. The molecule has 0 radical (unpaired) electrons. The first-order chi connectivity index (χ1) is 4.20. The number of hydrogen-bond donors (Lipinski definition) is 1. The Morgan fingerprint density at radius 3 is 2.44 bits per heavy atom. The molecule has 0 aliphatic heterocycles. The second-order valence-corrected chi connectivity index (χ2v) is 3.00. The SMILES string of the molecule is C=C(C)SC(CN)=NC. The molecule has 0 aliphatic rings. The van der Waals surface area contributed by atoms with E-state index in [4.69, 9.17) is 5.73 Å². The van der Waals surface area contributed by atoms with Gasteiger partial charge in [-0.1, -0.05) is 18.3 Å². The van der Waals surface area contributed by atoms with Crippen LogP contribution in [0.3, 0.4) is 0 Å². The summed E-state index contributed by atoms with van der Waals surface area (Å²) in [5, 5.41) is 0.933. The lowest BCUT2D eigenvalue weighted by Gasteiger charge is -1.98. The summed E-state index contributed by atoms with van der Waals surface area (Å²) in [5.41, 5.74) is 5.34. The summed E-state index contributed by atoms with van der Waals surface area (Å²) in [6.07, 6.45) is 0. The summed E-state index contributed by atoms with van der Waals surface area (Å²) in [6.45, 7) is 6.16. The van der Waals surface area contributed by atoms with Crippen molar-refractivity contribution >= 4 is 16.8 Å². The molecule has 3 heteroatoms. The minimum Gasteiger partial charge on any atom is -0.325 e. The van der Waals surface area contributed by atoms with Gasteiger partial charge in [0.25, 0.3) is 0 Å². The maximum absolute atomic E-state index is 5.34. The van der Waals surface area contributed by atoms with E-state index in [0.717, 1.165) is 9.95 Å². The molecule has 0 saturated carbocycles. The predicted molar refractivity (Wildman–Crippen MR) is 44.8 cm³/mol. The Morgan fingerprint density at radius 1 is 1.78 bits per heavy atom. The van der Waals surface area contributed by atoms with Gasteiger partial charge in [0, 0.05) is 13.6 Å². The molecular formula is C6H12N2S. The molecule has 9 heavy (non-hydrogen) atoms. The topological polar surface area (TPSA) is 38.4 Å². The predicted octanol–water partition coefficient (Wildman–Crippen LogP) is 1.24. The van der Waals surface area contributed by atoms with Gasteiger partial charge < -0.3 is 5.73 Å². The van der Waals surface area contributed by atoms with E-state index in [1.165, 1.54) is 11.8 Å². The lowest BCUT2D eigenvalue weighted by atomic mass is 10.7. The molecule has 0 aromatic heterocycles. The summed E-state index contributed by atoms with van der Waals surface area (Å²) >= 11 is 1.53. The number of nitrogens with two attached hydrogens (primary N) is 1. The van der Waals surface area contributed by atoms with Gasteiger partial charge in [0.05, 0.1) is 5.04 Å². The molecule has 0 heterocycles. The van der Waals surface area contributed by atoms with Crippen LogP contribution in [0.25, 0.3) is 0 Å². The van der Waals surface area contributed by atoms with Gasteiger partial charge in [0.15, 0.2) is 0 Å². The third-order valence-electron chi connectivity index (χ3n) is 0.716. The van der Waals surface area contributed by atoms with Gasteiger partial charge in [-0.2, -0.15) is 0 Å². The Labute approximate surface area is 60.2 Å². The maximum Gasteiger partial charge on any atom is 0.0852 e. The molecule has 2 nitrogen and oxygen atoms in total. The second kappa shape index (κ2) is 4.58. The van der Waals surface area contributed by atoms with E-state index in [1.54, 1.807) is 7.05 Å². The van der Waals surface area contributed by atoms with Gasteiger partial charge in [0.1, 0.15) is 0 Å². The van der Waals surface area contributed by atoms with Crippen LogP contribution in [0.1, 0.15) is 6.92 Å². The lowest BCUT2D eigenvalue weighted by molar-refractivity contribution is 1.30. The van der Waals surface area contributed by atoms with Crippen molar-refractivity contribution in [3.05, 3.63) is 11.5 Å². The standard InChI is InChI=1S/C6H12N2S/c1-5(2)9-6(4-7)8-3/h1,4,7H2,2-3H3. The smallest absolute Gasteiger partial charge is 0.0852 e. The lowest BCUT2D eigenvalue weighted by Crippen LogP contribution is -2.09. The highest BCUT2D eigenvalue weighted by atomic mass is 32.2. The molecule has 0 aromatic carbocycles. The average Bonchev–Trinajstić information content (AvgIpc) is 1.82. The summed E-state index contributed by atoms with van der Waals surface area (Å²) in [7, 11) is 1.73. The highest BCUT2D eigenvalue weighted by Crippen LogP contribution is 2.12. The van der Waals surface area contributed by atoms with Gasteiger partial charge >= 0.3 is 0 Å². The van der Waals surface area contributed by atoms with Crippen molar-refractivity contribution in [3.8, 4) is 0 Å². The van der Waals surface area contributed by atoms with E-state index in [1.807, 2.05) is 6.92 Å². The molecule has 0 spiro atoms. The fraction of sp³-hybridized carbons (Fsp3) is 0.500. The number of aliphatic imine (C=N–C) groups is 1. The quantitative estimate of drug-likeness (QED) is 0.468. The van der Waals surface area contributed by atoms with Gasteiger partial charge in [0.2, 0.25) is 0 Å². The van der Waals surface area contributed by atoms with Crippen molar-refractivity contribution in [2.45, 2.75) is 6.92 Å². The molecule has 0 aromatic rings. The summed E-state index contributed by atoms with van der Waals surface area (Å²) < 4.78 is 0. The van der Waals surface area contributed by atoms with E-state index in [0.29, 0.717) is 6.54 Å². The molecule has 0 bridgehead atoms. The minimum atomic E-state index is 0.508. The van der Waals surface area contributed by atoms with Gasteiger partial charge in [-0.05, 0) is 11.8 Å². The Hall–Kier alpha value is -0.280. The van der Waals surface area contributed by atoms with Gasteiger partial charge in [-0.25, -0.2) is 0 Å². The zero-order valence-corrected chi connectivity index (χ0v) is 6.66. The first-order valence-corrected chi connectivity index (χ1v) is 3.51. The van der Waals surface area contributed by atoms with E-state index >= 15 is 0 Å². The van der Waals surface area contributed by atoms with Crippen molar-refractivity contribution in [2.75, 3.05) is 13.6 Å². The van der Waals surface area contributed by atoms with Crippen LogP contribution in [0.4, 0.5) is 0 Å². The summed E-state index contributed by atoms with van der Waals surface area (Å²) in [5.74, 6) is 0. The van der Waals surface area contributed by atoms with E-state index < -0.39 is 0 Å². The maximum atomic E-state index is 5.34. The third-order valence-corrected chi connectivity index (χ3v) is 1.65. The van der Waals surface area contributed by atoms with E-state index in [9.17, 15) is 0 Å². The summed E-state index contributed by atoms with van der Waals surface area (Å²) in [6, 6.07) is 0. The molecule has 0 aliphatic carbocycles. The van der Waals surface area contributed by atoms with Crippen molar-refractivity contribution in [3.63, 3.8) is 0 Å². The Bertz CT molecular complexity index is 129. The number of rotatable bonds is 2. The van der Waals surface area contributed by atoms with Crippen LogP contribution < -0.4 is 5.73 Å². The van der Waals surface area contributed by atoms with Crippen molar-refractivity contribution < 1.29 is 0 Å². The molecule has 0 unspecified atom stereocenters. The van der Waals surface area contributed by atoms with Gasteiger partial charge in [-0.3, -0.25) is 4.99 Å². The Balaban J connectivity index is 3.71. The zero-order valence-electron chi connectivity index (χ0n) is 5.85. The Morgan fingerprint density at radius 2 is 2.33 bits per heavy atom. The zero-order chi connectivity index (χ0) is 7.28. The van der Waals surface area contributed by atoms with Crippen LogP contribution in [0.15, 0.2) is 16.5 Å². The highest BCUT2D eigenvalue weighted by molar-refractivity contribution is 8.17. The fourth-order valence-corrected chi connectivity index (χ4v) is 0.957. The second-order valence-electron chi connectivity index (χ2n) is 1.63. The van der Waals surface area contributed by atoms with Crippen LogP contribution in [-0.4, -0.2) is 18.6 Å². The normalized spacial score (nSPS) is 11.7. The number of thioether (sulfide) groups is 1. The van der Waals surface area contributed by atoms with Crippen LogP contribution in [-0.2, 0) is 0 Å². The van der Waals surface area contributed by atoms with Crippen LogP contribution in [0, 0.1) is 0 Å². The number of allylic oxidation sites excluding steroid dienone is 1. The minimum absolute atomic E-state index is 0.508. The third kappa shape index (κ3) is 4.24. The van der Waals surface area contributed by atoms with Crippen molar-refractivity contribution in [1.29, 1.82) is 0 Å². The number of nitrogens with zero attached hydrogens (tertiary/aromatic N) is 1. The molecule has 0 saturated heterocycles. The van der Waals surface area contributed by atoms with Crippen molar-refractivity contribution in [1.82, 2.24) is 0 Å². The highest BCUT2D eigenvalue weighted by Gasteiger charge is 1.93. The van der Waals surface area contributed by atoms with E-state index in [2.05, 4.69) is 11.6 Å². The first kappa shape index (κ1) is 8.72. The summed E-state index contributed by atoms with van der Waals surface area (Å²) in [4.78, 5) is 4.97. The molecule has 0 atom stereocenters. The van der Waals surface area contributed by atoms with Crippen LogP contribution in [0.2, 0.25) is 0 Å². The molecule has 0 rings (SSSR count). The average molecular weight is 144 g/mol. The molecular weight excluding hydrogens is 132 g/mol. The van der Waals surface area contributed by atoms with Crippen LogP contribution >= 0.6 is 11.8 Å². The van der Waals surface area contributed by atoms with E-state index in [-0.39, 0.29) is 0 Å². The van der Waals surface area contributed by atoms with Crippen molar-refractivity contribution in [2.24, 2.45) is 10.7 Å². The molecule has 0 amide bonds. The Kier molecular flexibility index (Phi) is 4.44. The first-order valence-electron chi connectivity index (χ1n) is 2.69. The number of hydrogen-bond acceptors (Lipinski definition) is 3. The molecule has 2 N–H and O–H groups in total. The monoisotopic (exact) mass is 144 g/mol. The van der Waals surface area contributed by atoms with Crippen LogP contribution in [0.5, 0.6) is 0 Å². The fourth-order valence-electron chi connectivity index (χ4n) is 0.380. The largest absolute Gasteiger partial charge is 0.325 e. The van der Waals surface area contributed by atoms with Gasteiger partial charge in [-0.15, -0.1) is 0 Å². The molecule has 0 fully saturated rings.